The summed E-state index contributed by atoms with van der Waals surface area (Å²) in [6.45, 7) is 0.750. The van der Waals surface area contributed by atoms with Crippen LogP contribution in [0.1, 0.15) is 10.4 Å². The summed E-state index contributed by atoms with van der Waals surface area (Å²) in [4.78, 5) is 22.5. The van der Waals surface area contributed by atoms with E-state index in [1.807, 2.05) is 34.3 Å². The lowest BCUT2D eigenvalue weighted by Gasteiger charge is -2.35. The number of carboxylic acid groups (broad SMARTS) is 1. The highest BCUT2D eigenvalue weighted by atomic mass is 16.3. The number of nitrogens with zero attached hydrogens (tertiary/aromatic N) is 6. The van der Waals surface area contributed by atoms with E-state index < -0.39 is 0 Å². The van der Waals surface area contributed by atoms with Gasteiger partial charge in [0.2, 0.25) is 0 Å². The first-order chi connectivity index (χ1) is 12.6. The maximum atomic E-state index is 12.5. The number of fused-ring (bicyclic) bond motifs is 1. The quantitative estimate of drug-likeness (QED) is 0.689. The van der Waals surface area contributed by atoms with Crippen LogP contribution in [0.4, 0.5) is 0 Å². The molecular weight excluding hydrogens is 336 g/mol. The number of nitriles is 1. The Labute approximate surface area is 148 Å². The fraction of sp³-hybridized carbons (Fsp3) is 0.235. The van der Waals surface area contributed by atoms with Crippen molar-refractivity contribution in [2.75, 3.05) is 13.1 Å². The molecule has 1 fully saturated rings. The van der Waals surface area contributed by atoms with Crippen LogP contribution >= 0.6 is 0 Å². The Hall–Kier alpha value is -3.67. The van der Waals surface area contributed by atoms with E-state index in [0.717, 1.165) is 5.69 Å². The highest BCUT2D eigenvalue weighted by Gasteiger charge is 2.31. The van der Waals surface area contributed by atoms with E-state index in [4.69, 9.17) is 15.2 Å². The SMILES string of the molecule is Cn1cccc1-c1nnc2ccc(C(=O)N3CC(C#N)C3)cn12.O=CO. The molecule has 0 saturated carbocycles. The van der Waals surface area contributed by atoms with Crippen LogP contribution in [0, 0.1) is 17.2 Å². The van der Waals surface area contributed by atoms with Crippen molar-refractivity contribution >= 4 is 18.0 Å². The average Bonchev–Trinajstić information content (AvgIpc) is 3.19. The highest BCUT2D eigenvalue weighted by Crippen LogP contribution is 2.21. The molecule has 0 atom stereocenters. The molecule has 0 aromatic carbocycles. The molecule has 132 valence electrons. The van der Waals surface area contributed by atoms with Crippen LogP contribution in [-0.2, 0) is 11.8 Å². The van der Waals surface area contributed by atoms with Gasteiger partial charge < -0.3 is 14.6 Å². The second-order valence-electron chi connectivity index (χ2n) is 5.82. The van der Waals surface area contributed by atoms with Crippen molar-refractivity contribution < 1.29 is 14.7 Å². The third-order valence-electron chi connectivity index (χ3n) is 4.17. The summed E-state index contributed by atoms with van der Waals surface area (Å²) in [6.07, 6.45) is 3.70. The van der Waals surface area contributed by atoms with Gasteiger partial charge in [0, 0.05) is 32.5 Å². The molecule has 3 aromatic rings. The molecule has 1 saturated heterocycles. The highest BCUT2D eigenvalue weighted by molar-refractivity contribution is 5.95. The third-order valence-corrected chi connectivity index (χ3v) is 4.17. The van der Waals surface area contributed by atoms with Crippen molar-refractivity contribution in [3.8, 4) is 17.6 Å². The van der Waals surface area contributed by atoms with Gasteiger partial charge >= 0.3 is 0 Å². The molecule has 1 N–H and O–H groups in total. The summed E-state index contributed by atoms with van der Waals surface area (Å²) in [6, 6.07) is 9.61. The molecule has 9 nitrogen and oxygen atoms in total. The molecule has 0 bridgehead atoms. The second-order valence-corrected chi connectivity index (χ2v) is 5.82. The Morgan fingerprint density at radius 3 is 2.69 bits per heavy atom. The molecule has 4 heterocycles. The molecule has 0 spiro atoms. The van der Waals surface area contributed by atoms with E-state index in [1.165, 1.54) is 0 Å². The molecule has 9 heteroatoms. The predicted molar refractivity (Wildman–Crippen MR) is 91.1 cm³/mol. The summed E-state index contributed by atoms with van der Waals surface area (Å²) in [5.74, 6) is 0.585. The normalized spacial score (nSPS) is 13.5. The predicted octanol–water partition coefficient (Wildman–Crippen LogP) is 1.03. The van der Waals surface area contributed by atoms with Crippen molar-refractivity contribution in [2.45, 2.75) is 0 Å². The van der Waals surface area contributed by atoms with Crippen LogP contribution in [0.25, 0.3) is 17.2 Å². The number of pyridine rings is 1. The number of carbonyl (C=O) groups is 2. The Kier molecular flexibility index (Phi) is 4.66. The van der Waals surface area contributed by atoms with Crippen LogP contribution in [0.3, 0.4) is 0 Å². The standard InChI is InChI=1S/C16H14N6O.CH2O2/c1-20-6-2-3-13(20)15-19-18-14-5-4-12(10-22(14)15)16(23)21-8-11(7-17)9-21;2-1-3/h2-6,10-11H,8-9H2,1H3;1H,(H,2,3). The zero-order valence-electron chi connectivity index (χ0n) is 14.0. The number of carbonyl (C=O) groups excluding carboxylic acids is 1. The van der Waals surface area contributed by atoms with Crippen LogP contribution in [0.5, 0.6) is 0 Å². The van der Waals surface area contributed by atoms with Crippen LogP contribution in [-0.4, -0.2) is 54.6 Å². The number of aryl methyl sites for hydroxylation is 1. The Morgan fingerprint density at radius 1 is 1.35 bits per heavy atom. The van der Waals surface area contributed by atoms with Gasteiger partial charge in [-0.1, -0.05) is 0 Å². The lowest BCUT2D eigenvalue weighted by molar-refractivity contribution is -0.122. The van der Waals surface area contributed by atoms with Gasteiger partial charge in [-0.05, 0) is 24.3 Å². The smallest absolute Gasteiger partial charge is 0.290 e. The van der Waals surface area contributed by atoms with Crippen molar-refractivity contribution in [1.82, 2.24) is 24.1 Å². The van der Waals surface area contributed by atoms with Crippen LogP contribution in [0.2, 0.25) is 0 Å². The number of rotatable bonds is 2. The van der Waals surface area contributed by atoms with Crippen LogP contribution < -0.4 is 0 Å². The average molecular weight is 352 g/mol. The monoisotopic (exact) mass is 352 g/mol. The van der Waals surface area contributed by atoms with Crippen LogP contribution in [0.15, 0.2) is 36.7 Å². The van der Waals surface area contributed by atoms with E-state index in [0.29, 0.717) is 30.1 Å². The van der Waals surface area contributed by atoms with E-state index in [9.17, 15) is 4.79 Å². The van der Waals surface area contributed by atoms with Crippen molar-refractivity contribution in [3.63, 3.8) is 0 Å². The van der Waals surface area contributed by atoms with Gasteiger partial charge in [0.15, 0.2) is 11.5 Å². The van der Waals surface area contributed by atoms with Crippen molar-refractivity contribution in [1.29, 1.82) is 5.26 Å². The van der Waals surface area contributed by atoms with Gasteiger partial charge in [-0.25, -0.2) is 0 Å². The molecule has 4 rings (SSSR count). The number of amides is 1. The Balaban J connectivity index is 0.000000613. The van der Waals surface area contributed by atoms with E-state index in [-0.39, 0.29) is 18.3 Å². The lowest BCUT2D eigenvalue weighted by Crippen LogP contribution is -2.49. The Bertz CT molecular complexity index is 994. The van der Waals surface area contributed by atoms with Gasteiger partial charge in [0.25, 0.3) is 12.4 Å². The summed E-state index contributed by atoms with van der Waals surface area (Å²) in [5.41, 5.74) is 2.19. The molecule has 1 aliphatic rings. The minimum atomic E-state index is -0.250. The first-order valence-electron chi connectivity index (χ1n) is 7.82. The summed E-state index contributed by atoms with van der Waals surface area (Å²) < 4.78 is 3.78. The lowest BCUT2D eigenvalue weighted by atomic mass is 10.0. The van der Waals surface area contributed by atoms with Crippen molar-refractivity contribution in [3.05, 3.63) is 42.2 Å². The molecular formula is C17H16N6O3. The van der Waals surface area contributed by atoms with Gasteiger partial charge in [0.05, 0.1) is 23.2 Å². The largest absolute Gasteiger partial charge is 0.483 e. The minimum Gasteiger partial charge on any atom is -0.483 e. The second kappa shape index (κ2) is 7.06. The number of hydrogen-bond donors (Lipinski definition) is 1. The first kappa shape index (κ1) is 17.2. The third kappa shape index (κ3) is 3.00. The fourth-order valence-electron chi connectivity index (χ4n) is 2.79. The summed E-state index contributed by atoms with van der Waals surface area (Å²) in [7, 11) is 1.94. The number of hydrogen-bond acceptors (Lipinski definition) is 5. The number of aromatic nitrogens is 4. The summed E-state index contributed by atoms with van der Waals surface area (Å²) >= 11 is 0. The molecule has 0 unspecified atom stereocenters. The zero-order valence-corrected chi connectivity index (χ0v) is 14.0. The first-order valence-corrected chi connectivity index (χ1v) is 7.82. The summed E-state index contributed by atoms with van der Waals surface area (Å²) in [5, 5.41) is 24.1. The number of likely N-dealkylation sites (tertiary alicyclic amines) is 1. The maximum Gasteiger partial charge on any atom is 0.290 e. The Morgan fingerprint density at radius 2 is 2.08 bits per heavy atom. The molecule has 0 aliphatic carbocycles. The van der Waals surface area contributed by atoms with Gasteiger partial charge in [-0.2, -0.15) is 5.26 Å². The van der Waals surface area contributed by atoms with Crippen molar-refractivity contribution in [2.24, 2.45) is 13.0 Å². The topological polar surface area (TPSA) is 117 Å². The molecule has 1 aliphatic heterocycles. The van der Waals surface area contributed by atoms with E-state index in [2.05, 4.69) is 16.3 Å². The molecule has 1 amide bonds. The zero-order chi connectivity index (χ0) is 18.7. The fourth-order valence-corrected chi connectivity index (χ4v) is 2.79. The maximum absolute atomic E-state index is 12.5. The minimum absolute atomic E-state index is 0.0449. The van der Waals surface area contributed by atoms with Gasteiger partial charge in [-0.15, -0.1) is 10.2 Å². The van der Waals surface area contributed by atoms with E-state index >= 15 is 0 Å². The molecule has 3 aromatic heterocycles. The van der Waals surface area contributed by atoms with Gasteiger partial charge in [-0.3, -0.25) is 14.0 Å². The van der Waals surface area contributed by atoms with E-state index in [1.54, 1.807) is 23.2 Å². The molecule has 0 radical (unpaired) electrons. The molecule has 26 heavy (non-hydrogen) atoms. The van der Waals surface area contributed by atoms with Gasteiger partial charge in [0.1, 0.15) is 0 Å².